The van der Waals surface area contributed by atoms with Crippen LogP contribution in [0.15, 0.2) is 18.7 Å². The molecule has 1 fully saturated rings. The topological polar surface area (TPSA) is 41.9 Å². The van der Waals surface area contributed by atoms with Gasteiger partial charge in [0.2, 0.25) is 0 Å². The monoisotopic (exact) mass is 152 g/mol. The van der Waals surface area contributed by atoms with Gasteiger partial charge in [-0.15, -0.1) is 0 Å². The first-order chi connectivity index (χ1) is 5.47. The summed E-state index contributed by atoms with van der Waals surface area (Å²) in [6.45, 7) is 3.07. The molecule has 60 valence electrons. The molecule has 1 unspecified atom stereocenters. The molecule has 0 saturated carbocycles. The van der Waals surface area contributed by atoms with Crippen LogP contribution in [0, 0.1) is 0 Å². The van der Waals surface area contributed by atoms with Gasteiger partial charge >= 0.3 is 0 Å². The SMILES string of the molecule is c1cn(C2CNCCN2)cn1. The Morgan fingerprint density at radius 1 is 1.45 bits per heavy atom. The van der Waals surface area contributed by atoms with Crippen LogP contribution in [0.4, 0.5) is 0 Å². The van der Waals surface area contributed by atoms with Gasteiger partial charge in [-0.3, -0.25) is 5.32 Å². The van der Waals surface area contributed by atoms with E-state index in [1.165, 1.54) is 0 Å². The van der Waals surface area contributed by atoms with Gasteiger partial charge in [0.05, 0.1) is 12.5 Å². The molecule has 0 bridgehead atoms. The first-order valence-corrected chi connectivity index (χ1v) is 3.88. The van der Waals surface area contributed by atoms with Gasteiger partial charge in [-0.25, -0.2) is 4.98 Å². The molecule has 4 heteroatoms. The molecule has 0 aliphatic carbocycles. The summed E-state index contributed by atoms with van der Waals surface area (Å²) in [5, 5.41) is 6.69. The van der Waals surface area contributed by atoms with Crippen molar-refractivity contribution in [2.75, 3.05) is 19.6 Å². The Kier molecular flexibility index (Phi) is 1.87. The highest BCUT2D eigenvalue weighted by atomic mass is 15.2. The average Bonchev–Trinajstić information content (AvgIpc) is 2.58. The third-order valence-electron chi connectivity index (χ3n) is 1.90. The Labute approximate surface area is 65.6 Å². The predicted molar refractivity (Wildman–Crippen MR) is 42.1 cm³/mol. The van der Waals surface area contributed by atoms with E-state index in [9.17, 15) is 0 Å². The number of piperazine rings is 1. The van der Waals surface area contributed by atoms with Crippen molar-refractivity contribution >= 4 is 0 Å². The molecule has 4 nitrogen and oxygen atoms in total. The summed E-state index contributed by atoms with van der Waals surface area (Å²) in [7, 11) is 0. The zero-order chi connectivity index (χ0) is 7.52. The lowest BCUT2D eigenvalue weighted by molar-refractivity contribution is 0.338. The number of nitrogens with zero attached hydrogens (tertiary/aromatic N) is 2. The first kappa shape index (κ1) is 6.82. The van der Waals surface area contributed by atoms with Crippen molar-refractivity contribution in [3.8, 4) is 0 Å². The molecular weight excluding hydrogens is 140 g/mol. The highest BCUT2D eigenvalue weighted by molar-refractivity contribution is 4.82. The molecule has 2 rings (SSSR count). The Bertz CT molecular complexity index is 200. The molecule has 2 N–H and O–H groups in total. The Hall–Kier alpha value is -0.870. The second kappa shape index (κ2) is 3.02. The van der Waals surface area contributed by atoms with Gasteiger partial charge in [0.25, 0.3) is 0 Å². The highest BCUT2D eigenvalue weighted by Crippen LogP contribution is 2.01. The minimum absolute atomic E-state index is 0.381. The summed E-state index contributed by atoms with van der Waals surface area (Å²) < 4.78 is 2.08. The van der Waals surface area contributed by atoms with Crippen LogP contribution in [-0.4, -0.2) is 29.2 Å². The summed E-state index contributed by atoms with van der Waals surface area (Å²) in [5.41, 5.74) is 0. The Morgan fingerprint density at radius 2 is 2.45 bits per heavy atom. The normalized spacial score (nSPS) is 25.3. The van der Waals surface area contributed by atoms with Gasteiger partial charge in [-0.1, -0.05) is 0 Å². The van der Waals surface area contributed by atoms with Crippen LogP contribution in [0.25, 0.3) is 0 Å². The summed E-state index contributed by atoms with van der Waals surface area (Å²) >= 11 is 0. The quantitative estimate of drug-likeness (QED) is 0.574. The molecule has 0 radical (unpaired) electrons. The molecule has 1 atom stereocenters. The van der Waals surface area contributed by atoms with E-state index in [0.29, 0.717) is 6.17 Å². The fraction of sp³-hybridized carbons (Fsp3) is 0.571. The van der Waals surface area contributed by atoms with Crippen molar-refractivity contribution in [3.63, 3.8) is 0 Å². The smallest absolute Gasteiger partial charge is 0.0975 e. The minimum Gasteiger partial charge on any atom is -0.320 e. The zero-order valence-corrected chi connectivity index (χ0v) is 6.33. The molecule has 0 aromatic carbocycles. The maximum Gasteiger partial charge on any atom is 0.0975 e. The third kappa shape index (κ3) is 1.41. The lowest BCUT2D eigenvalue weighted by Gasteiger charge is -2.25. The van der Waals surface area contributed by atoms with Crippen LogP contribution in [0.1, 0.15) is 6.17 Å². The van der Waals surface area contributed by atoms with Crippen molar-refractivity contribution in [2.24, 2.45) is 0 Å². The second-order valence-electron chi connectivity index (χ2n) is 2.68. The van der Waals surface area contributed by atoms with Gasteiger partial charge in [0, 0.05) is 32.0 Å². The number of rotatable bonds is 1. The molecule has 0 spiro atoms. The number of nitrogens with one attached hydrogen (secondary N) is 2. The molecule has 1 aromatic rings. The van der Waals surface area contributed by atoms with E-state index in [1.54, 1.807) is 6.20 Å². The number of aromatic nitrogens is 2. The molecule has 1 saturated heterocycles. The van der Waals surface area contributed by atoms with E-state index in [2.05, 4.69) is 20.2 Å². The molecule has 1 aliphatic heterocycles. The average molecular weight is 152 g/mol. The van der Waals surface area contributed by atoms with Crippen LogP contribution >= 0.6 is 0 Å². The summed E-state index contributed by atoms with van der Waals surface area (Å²) in [6.07, 6.45) is 6.00. The third-order valence-corrected chi connectivity index (χ3v) is 1.90. The maximum atomic E-state index is 3.99. The highest BCUT2D eigenvalue weighted by Gasteiger charge is 2.11. The molecule has 1 aliphatic rings. The van der Waals surface area contributed by atoms with Crippen molar-refractivity contribution in [2.45, 2.75) is 6.17 Å². The van der Waals surface area contributed by atoms with Gasteiger partial charge in [0.1, 0.15) is 0 Å². The van der Waals surface area contributed by atoms with Crippen LogP contribution in [0.5, 0.6) is 0 Å². The second-order valence-corrected chi connectivity index (χ2v) is 2.68. The van der Waals surface area contributed by atoms with Crippen LogP contribution < -0.4 is 10.6 Å². The molecule has 2 heterocycles. The standard InChI is InChI=1S/C7H12N4/c1-2-10-7(5-8-1)11-4-3-9-6-11/h3-4,6-8,10H,1-2,5H2. The van der Waals surface area contributed by atoms with E-state index in [1.807, 2.05) is 12.5 Å². The fourth-order valence-corrected chi connectivity index (χ4v) is 1.30. The summed E-state index contributed by atoms with van der Waals surface area (Å²) in [5.74, 6) is 0. The number of hydrogen-bond donors (Lipinski definition) is 2. The van der Waals surface area contributed by atoms with Crippen LogP contribution in [-0.2, 0) is 0 Å². The van der Waals surface area contributed by atoms with Crippen molar-refractivity contribution in [1.29, 1.82) is 0 Å². The van der Waals surface area contributed by atoms with E-state index in [-0.39, 0.29) is 0 Å². The van der Waals surface area contributed by atoms with Crippen molar-refractivity contribution < 1.29 is 0 Å². The predicted octanol–water partition coefficient (Wildman–Crippen LogP) is -0.425. The molecule has 11 heavy (non-hydrogen) atoms. The summed E-state index contributed by atoms with van der Waals surface area (Å²) in [4.78, 5) is 3.99. The van der Waals surface area contributed by atoms with Crippen molar-refractivity contribution in [3.05, 3.63) is 18.7 Å². The lowest BCUT2D eigenvalue weighted by atomic mass is 10.3. The van der Waals surface area contributed by atoms with E-state index in [0.717, 1.165) is 19.6 Å². The molecule has 1 aromatic heterocycles. The Balaban J connectivity index is 2.04. The van der Waals surface area contributed by atoms with Gasteiger partial charge in [-0.05, 0) is 0 Å². The minimum atomic E-state index is 0.381. The van der Waals surface area contributed by atoms with E-state index >= 15 is 0 Å². The zero-order valence-electron chi connectivity index (χ0n) is 6.33. The molecular formula is C7H12N4. The van der Waals surface area contributed by atoms with Crippen LogP contribution in [0.3, 0.4) is 0 Å². The lowest BCUT2D eigenvalue weighted by Crippen LogP contribution is -2.44. The first-order valence-electron chi connectivity index (χ1n) is 3.88. The van der Waals surface area contributed by atoms with Gasteiger partial charge in [0.15, 0.2) is 0 Å². The number of imidazole rings is 1. The number of hydrogen-bond acceptors (Lipinski definition) is 3. The maximum absolute atomic E-state index is 3.99. The van der Waals surface area contributed by atoms with E-state index in [4.69, 9.17) is 0 Å². The van der Waals surface area contributed by atoms with Gasteiger partial charge in [-0.2, -0.15) is 0 Å². The fourth-order valence-electron chi connectivity index (χ4n) is 1.30. The van der Waals surface area contributed by atoms with Crippen LogP contribution in [0.2, 0.25) is 0 Å². The van der Waals surface area contributed by atoms with Gasteiger partial charge < -0.3 is 9.88 Å². The van der Waals surface area contributed by atoms with Crippen molar-refractivity contribution in [1.82, 2.24) is 20.2 Å². The largest absolute Gasteiger partial charge is 0.320 e. The molecule has 0 amide bonds. The van der Waals surface area contributed by atoms with E-state index < -0.39 is 0 Å². The Morgan fingerprint density at radius 3 is 3.09 bits per heavy atom. The summed E-state index contributed by atoms with van der Waals surface area (Å²) in [6, 6.07) is 0.